The van der Waals surface area contributed by atoms with E-state index in [4.69, 9.17) is 10.5 Å². The molecule has 6 amide bonds. The summed E-state index contributed by atoms with van der Waals surface area (Å²) in [5, 5.41) is 6.39. The van der Waals surface area contributed by atoms with Gasteiger partial charge in [-0.05, 0) is 79.4 Å². The quantitative estimate of drug-likeness (QED) is 0.0785. The van der Waals surface area contributed by atoms with Crippen molar-refractivity contribution in [3.05, 3.63) is 78.4 Å². The van der Waals surface area contributed by atoms with Gasteiger partial charge in [0.1, 0.15) is 23.9 Å². The third-order valence-corrected chi connectivity index (χ3v) is 13.1. The van der Waals surface area contributed by atoms with Crippen LogP contribution in [-0.2, 0) is 63.4 Å². The fourth-order valence-electron chi connectivity index (χ4n) is 8.58. The van der Waals surface area contributed by atoms with Crippen LogP contribution in [0.3, 0.4) is 0 Å². The number of benzene rings is 3. The largest absolute Gasteiger partial charge is 0.462 e. The van der Waals surface area contributed by atoms with Crippen molar-refractivity contribution < 1.29 is 42.6 Å². The van der Waals surface area contributed by atoms with Crippen molar-refractivity contribution in [2.45, 2.75) is 76.2 Å². The summed E-state index contributed by atoms with van der Waals surface area (Å²) >= 11 is 1.38. The van der Waals surface area contributed by atoms with Gasteiger partial charge in [-0.3, -0.25) is 28.8 Å². The third-order valence-electron chi connectivity index (χ3n) is 11.8. The second kappa shape index (κ2) is 21.5. The van der Waals surface area contributed by atoms with Crippen molar-refractivity contribution in [2.75, 3.05) is 38.5 Å². The lowest BCUT2D eigenvalue weighted by atomic mass is 10.0. The molecule has 2 aromatic heterocycles. The van der Waals surface area contributed by atoms with E-state index < -0.39 is 41.8 Å². The highest BCUT2D eigenvalue weighted by molar-refractivity contribution is 7.99. The van der Waals surface area contributed by atoms with Crippen LogP contribution in [0, 0.1) is 0 Å². The molecule has 6 rings (SSSR count). The molecule has 346 valence electrons. The van der Waals surface area contributed by atoms with E-state index in [9.17, 15) is 28.8 Å². The summed E-state index contributed by atoms with van der Waals surface area (Å²) in [7, 11) is 7.73. The number of hydrogen-bond acceptors (Lipinski definition) is 8. The Morgan fingerprint density at radius 3 is 2.03 bits per heavy atom. The van der Waals surface area contributed by atoms with E-state index in [2.05, 4.69) is 10.6 Å². The molecule has 0 unspecified atom stereocenters. The number of nitrogens with two attached hydrogens (primary N) is 1. The van der Waals surface area contributed by atoms with Gasteiger partial charge in [-0.1, -0.05) is 50.2 Å². The molecule has 0 spiro atoms. The Hall–Kier alpha value is -6.43. The zero-order chi connectivity index (χ0) is 46.9. The molecule has 0 saturated carbocycles. The van der Waals surface area contributed by atoms with Crippen LogP contribution in [0.5, 0.6) is 11.8 Å². The van der Waals surface area contributed by atoms with Crippen LogP contribution in [0.2, 0.25) is 0 Å². The minimum absolute atomic E-state index is 0.171. The van der Waals surface area contributed by atoms with E-state index in [1.165, 1.54) is 33.4 Å². The van der Waals surface area contributed by atoms with E-state index in [1.54, 1.807) is 0 Å². The lowest BCUT2D eigenvalue weighted by Crippen LogP contribution is -2.55. The average molecular weight is 911 g/mol. The molecule has 3 aromatic carbocycles. The number of fused-ring (bicyclic) bond motifs is 2. The van der Waals surface area contributed by atoms with Gasteiger partial charge in [-0.15, -0.1) is 0 Å². The molecule has 0 bridgehead atoms. The Kier molecular flexibility index (Phi) is 15.9. The first-order valence-electron chi connectivity index (χ1n) is 22.1. The van der Waals surface area contributed by atoms with E-state index in [0.29, 0.717) is 44.0 Å². The van der Waals surface area contributed by atoms with E-state index in [-0.39, 0.29) is 50.2 Å². The van der Waals surface area contributed by atoms with Crippen LogP contribution < -0.4 is 30.2 Å². The van der Waals surface area contributed by atoms with Gasteiger partial charge < -0.3 is 35.8 Å². The summed E-state index contributed by atoms with van der Waals surface area (Å²) in [4.78, 5) is 85.3. The van der Waals surface area contributed by atoms with Crippen molar-refractivity contribution in [3.8, 4) is 11.8 Å². The Morgan fingerprint density at radius 2 is 1.43 bits per heavy atom. The number of likely N-dealkylation sites (tertiary alicyclic amines) is 1. The molecule has 3 atom stereocenters. The molecular formula is C47H62N10O7S+2. The molecular weight excluding hydrogens is 849 g/mol. The summed E-state index contributed by atoms with van der Waals surface area (Å²) < 4.78 is 14.2. The maximum atomic E-state index is 14.2. The predicted octanol–water partition coefficient (Wildman–Crippen LogP) is 2.39. The average Bonchev–Trinajstić information content (AvgIpc) is 3.94. The first-order valence-corrected chi connectivity index (χ1v) is 23.1. The number of aromatic nitrogens is 4. The van der Waals surface area contributed by atoms with Gasteiger partial charge in [0, 0.05) is 38.7 Å². The van der Waals surface area contributed by atoms with Crippen LogP contribution in [0.15, 0.2) is 78.0 Å². The zero-order valence-electron chi connectivity index (χ0n) is 38.4. The molecule has 4 N–H and O–H groups in total. The van der Waals surface area contributed by atoms with Crippen LogP contribution >= 0.6 is 11.8 Å². The lowest BCUT2D eigenvalue weighted by molar-refractivity contribution is -0.685. The third kappa shape index (κ3) is 11.1. The highest BCUT2D eigenvalue weighted by atomic mass is 32.2. The smallest absolute Gasteiger partial charge is 0.392 e. The van der Waals surface area contributed by atoms with E-state index in [0.717, 1.165) is 32.8 Å². The van der Waals surface area contributed by atoms with Gasteiger partial charge in [0.25, 0.3) is 0 Å². The molecule has 3 heterocycles. The Balaban J connectivity index is 1.08. The van der Waals surface area contributed by atoms with Crippen LogP contribution in [0.4, 0.5) is 0 Å². The lowest BCUT2D eigenvalue weighted by Gasteiger charge is -2.32. The molecule has 0 radical (unpaired) electrons. The fraction of sp³-hybridized carbons (Fsp3) is 0.447. The molecule has 1 aliphatic heterocycles. The van der Waals surface area contributed by atoms with Gasteiger partial charge >= 0.3 is 11.2 Å². The number of hydrogen-bond donors (Lipinski definition) is 3. The van der Waals surface area contributed by atoms with Crippen LogP contribution in [0.25, 0.3) is 22.1 Å². The summed E-state index contributed by atoms with van der Waals surface area (Å²) in [6.45, 7) is 5.32. The second-order valence-corrected chi connectivity index (χ2v) is 17.6. The fourth-order valence-corrected chi connectivity index (χ4v) is 9.73. The normalized spacial score (nSPS) is 14.6. The van der Waals surface area contributed by atoms with Gasteiger partial charge in [-0.2, -0.15) is 9.13 Å². The maximum absolute atomic E-state index is 14.2. The van der Waals surface area contributed by atoms with E-state index >= 15 is 0 Å². The molecule has 1 fully saturated rings. The van der Waals surface area contributed by atoms with Crippen molar-refractivity contribution in [1.29, 1.82) is 0 Å². The Morgan fingerprint density at radius 1 is 0.815 bits per heavy atom. The molecule has 1 aliphatic rings. The van der Waals surface area contributed by atoms with Crippen molar-refractivity contribution in [2.24, 2.45) is 33.9 Å². The number of nitrogens with one attached hydrogen (secondary N) is 2. The minimum Gasteiger partial charge on any atom is -0.392 e. The molecule has 17 nitrogen and oxygen atoms in total. The molecule has 1 saturated heterocycles. The van der Waals surface area contributed by atoms with Crippen LogP contribution in [-0.4, -0.2) is 116 Å². The molecule has 65 heavy (non-hydrogen) atoms. The summed E-state index contributed by atoms with van der Waals surface area (Å²) in [5.41, 5.74) is 10.6. The topological polar surface area (TPSA) is 189 Å². The number of para-hydroxylation sites is 4. The monoisotopic (exact) mass is 910 g/mol. The number of aryl methyl sites for hydroxylation is 4. The minimum atomic E-state index is -1.00. The number of ether oxygens (including phenoxy) is 1. The highest BCUT2D eigenvalue weighted by Crippen LogP contribution is 2.25. The highest BCUT2D eigenvalue weighted by Gasteiger charge is 2.39. The predicted molar refractivity (Wildman–Crippen MR) is 246 cm³/mol. The second-order valence-electron chi connectivity index (χ2n) is 16.6. The number of imidazole rings is 2. The zero-order valence-corrected chi connectivity index (χ0v) is 39.2. The van der Waals surface area contributed by atoms with Gasteiger partial charge in [0.2, 0.25) is 35.4 Å². The first kappa shape index (κ1) is 48.0. The Labute approximate surface area is 383 Å². The summed E-state index contributed by atoms with van der Waals surface area (Å²) in [6.07, 6.45) is 2.23. The number of carbonyl (C=O) groups excluding carboxylic acids is 6. The van der Waals surface area contributed by atoms with Crippen molar-refractivity contribution in [1.82, 2.24) is 34.5 Å². The maximum Gasteiger partial charge on any atom is 0.462 e. The van der Waals surface area contributed by atoms with Gasteiger partial charge in [-0.25, -0.2) is 9.13 Å². The number of nitrogens with zero attached hydrogens (tertiary/aromatic N) is 7. The molecule has 18 heteroatoms. The summed E-state index contributed by atoms with van der Waals surface area (Å²) in [6, 6.07) is 21.1. The van der Waals surface area contributed by atoms with Crippen LogP contribution in [0.1, 0.15) is 52.0 Å². The van der Waals surface area contributed by atoms with Crippen molar-refractivity contribution in [3.63, 3.8) is 0 Å². The number of primary amides is 1. The molecule has 0 aliphatic carbocycles. The number of carbonyl (C=O) groups is 6. The summed E-state index contributed by atoms with van der Waals surface area (Å²) in [5.74, 6) is -2.06. The van der Waals surface area contributed by atoms with Gasteiger partial charge in [0.05, 0.1) is 41.3 Å². The SMILES string of the molecule is CCCN(CC(=O)N1CCC[C@H]1C(=O)N(CCC)CC(=O)N[C@@H](CSc1n(C)c2ccccc2[n+]1C)C(N)=O)C(=O)[C@H](Cc1ccc(Oc2n(C)c3ccccc3[n+]2C)cc1)NC(C)=O. The number of thioether (sulfide) groups is 1. The molecule has 5 aromatic rings. The number of rotatable bonds is 20. The van der Waals surface area contributed by atoms with E-state index in [1.807, 2.05) is 133 Å². The number of amides is 6. The van der Waals surface area contributed by atoms with Crippen molar-refractivity contribution >= 4 is 69.3 Å². The first-order chi connectivity index (χ1) is 31.1. The van der Waals surface area contributed by atoms with Gasteiger partial charge in [0.15, 0.2) is 22.1 Å². The Bertz CT molecular complexity index is 2480. The standard InChI is InChI=1S/C47H60N10O7S/c1-8-24-55(28-41(59)50-35(43(48)61)30-65-47-53(6)38-17-12-13-18-39(38)54(47)7)45(63)40-19-14-26-57(40)42(60)29-56(25-9-2)44(62)34(49-31(3)58)27-32-20-22-33(23-21-32)64-46-51(4)36-15-10-11-16-37(36)52(46)5/h10-13,15-18,20-23,34-35,40H,8-9,14,19,24-30H2,1-7H3,(H2-2,48,49,50,58,59,61)/p+2/t34-,35-,40-/m0/s1.